The van der Waals surface area contributed by atoms with Crippen molar-refractivity contribution in [2.75, 3.05) is 13.2 Å². The smallest absolute Gasteiger partial charge is 0.407 e. The zero-order valence-corrected chi connectivity index (χ0v) is 18.3. The Balaban J connectivity index is 2.19. The zero-order chi connectivity index (χ0) is 22.6. The van der Waals surface area contributed by atoms with E-state index in [0.29, 0.717) is 13.2 Å². The van der Waals surface area contributed by atoms with Gasteiger partial charge in [-0.1, -0.05) is 25.0 Å². The number of unbranched alkanes of at least 4 members (excludes halogenated alkanes) is 3. The summed E-state index contributed by atoms with van der Waals surface area (Å²) in [7, 11) is 0. The van der Waals surface area contributed by atoms with E-state index < -0.39 is 17.6 Å². The SMILES string of the molecule is CC(=O)NC(Cc1ccc(OCCCCCCNC(=O)OC(C)(C)C)cc1)C(=O)O. The summed E-state index contributed by atoms with van der Waals surface area (Å²) in [6.45, 7) is 7.97. The number of aliphatic carboxylic acids is 1. The lowest BCUT2D eigenvalue weighted by molar-refractivity contribution is -0.141. The Morgan fingerprint density at radius 3 is 2.23 bits per heavy atom. The van der Waals surface area contributed by atoms with Gasteiger partial charge in [0, 0.05) is 19.9 Å². The molecule has 0 radical (unpaired) electrons. The van der Waals surface area contributed by atoms with Gasteiger partial charge in [0.05, 0.1) is 6.61 Å². The summed E-state index contributed by atoms with van der Waals surface area (Å²) >= 11 is 0. The van der Waals surface area contributed by atoms with Crippen LogP contribution in [0.5, 0.6) is 5.75 Å². The molecule has 168 valence electrons. The predicted octanol–water partition coefficient (Wildman–Crippen LogP) is 3.28. The van der Waals surface area contributed by atoms with Crippen molar-refractivity contribution >= 4 is 18.0 Å². The van der Waals surface area contributed by atoms with Crippen LogP contribution in [0.3, 0.4) is 0 Å². The number of carbonyl (C=O) groups excluding carboxylic acids is 2. The molecule has 0 saturated heterocycles. The van der Waals surface area contributed by atoms with Crippen LogP contribution >= 0.6 is 0 Å². The van der Waals surface area contributed by atoms with Gasteiger partial charge in [0.15, 0.2) is 0 Å². The molecule has 3 N–H and O–H groups in total. The molecular formula is C22H34N2O6. The van der Waals surface area contributed by atoms with Crippen molar-refractivity contribution in [1.82, 2.24) is 10.6 Å². The number of benzene rings is 1. The Kier molecular flexibility index (Phi) is 10.7. The maximum absolute atomic E-state index is 11.5. The van der Waals surface area contributed by atoms with E-state index in [4.69, 9.17) is 14.6 Å². The van der Waals surface area contributed by atoms with Gasteiger partial charge in [-0.2, -0.15) is 0 Å². The maximum Gasteiger partial charge on any atom is 0.407 e. The van der Waals surface area contributed by atoms with Crippen LogP contribution < -0.4 is 15.4 Å². The average molecular weight is 423 g/mol. The van der Waals surface area contributed by atoms with Crippen molar-refractivity contribution in [3.63, 3.8) is 0 Å². The standard InChI is InChI=1S/C22H34N2O6/c1-16(25)24-19(20(26)27)15-17-9-11-18(12-10-17)29-14-8-6-5-7-13-23-21(28)30-22(2,3)4/h9-12,19H,5-8,13-15H2,1-4H3,(H,23,28)(H,24,25)(H,26,27). The molecule has 30 heavy (non-hydrogen) atoms. The highest BCUT2D eigenvalue weighted by molar-refractivity contribution is 5.82. The Morgan fingerprint density at radius 1 is 1.03 bits per heavy atom. The van der Waals surface area contributed by atoms with Crippen LogP contribution in [-0.4, -0.2) is 47.9 Å². The molecule has 1 unspecified atom stereocenters. The van der Waals surface area contributed by atoms with Crippen molar-refractivity contribution in [1.29, 1.82) is 0 Å². The molecule has 0 bridgehead atoms. The largest absolute Gasteiger partial charge is 0.494 e. The molecule has 8 heteroatoms. The van der Waals surface area contributed by atoms with Crippen molar-refractivity contribution in [3.8, 4) is 5.75 Å². The third-order valence-electron chi connectivity index (χ3n) is 4.05. The van der Waals surface area contributed by atoms with Crippen LogP contribution in [0.25, 0.3) is 0 Å². The summed E-state index contributed by atoms with van der Waals surface area (Å²) in [5.41, 5.74) is 0.323. The Hall–Kier alpha value is -2.77. The van der Waals surface area contributed by atoms with E-state index in [1.165, 1.54) is 6.92 Å². The highest BCUT2D eigenvalue weighted by atomic mass is 16.6. The van der Waals surface area contributed by atoms with Gasteiger partial charge in [0.1, 0.15) is 17.4 Å². The van der Waals surface area contributed by atoms with E-state index in [-0.39, 0.29) is 18.4 Å². The Labute approximate surface area is 178 Å². The molecule has 1 aromatic carbocycles. The summed E-state index contributed by atoms with van der Waals surface area (Å²) in [4.78, 5) is 33.8. The Morgan fingerprint density at radius 2 is 1.67 bits per heavy atom. The highest BCUT2D eigenvalue weighted by Crippen LogP contribution is 2.14. The lowest BCUT2D eigenvalue weighted by atomic mass is 10.1. The second kappa shape index (κ2) is 12.7. The monoisotopic (exact) mass is 422 g/mol. The van der Waals surface area contributed by atoms with Gasteiger partial charge in [0.25, 0.3) is 0 Å². The molecule has 0 spiro atoms. The summed E-state index contributed by atoms with van der Waals surface area (Å²) in [5.74, 6) is -0.716. The average Bonchev–Trinajstić information content (AvgIpc) is 2.62. The van der Waals surface area contributed by atoms with E-state index in [0.717, 1.165) is 37.0 Å². The molecule has 0 heterocycles. The van der Waals surface area contributed by atoms with Gasteiger partial charge in [-0.15, -0.1) is 0 Å². The molecular weight excluding hydrogens is 388 g/mol. The van der Waals surface area contributed by atoms with Crippen LogP contribution in [0, 0.1) is 0 Å². The minimum Gasteiger partial charge on any atom is -0.494 e. The molecule has 0 aliphatic heterocycles. The lowest BCUT2D eigenvalue weighted by Gasteiger charge is -2.19. The van der Waals surface area contributed by atoms with E-state index in [2.05, 4.69) is 10.6 Å². The molecule has 1 atom stereocenters. The molecule has 0 aliphatic rings. The number of amides is 2. The summed E-state index contributed by atoms with van der Waals surface area (Å²) in [5, 5.41) is 14.3. The second-order valence-corrected chi connectivity index (χ2v) is 8.13. The molecule has 1 aromatic rings. The number of alkyl carbamates (subject to hydrolysis) is 1. The van der Waals surface area contributed by atoms with Gasteiger partial charge < -0.3 is 25.2 Å². The van der Waals surface area contributed by atoms with Crippen molar-refractivity contribution in [2.24, 2.45) is 0 Å². The van der Waals surface area contributed by atoms with Gasteiger partial charge in [-0.25, -0.2) is 9.59 Å². The molecule has 2 amide bonds. The quantitative estimate of drug-likeness (QED) is 0.446. The first kappa shape index (κ1) is 25.3. The molecule has 0 saturated carbocycles. The fourth-order valence-corrected chi connectivity index (χ4v) is 2.68. The first-order chi connectivity index (χ1) is 14.1. The number of carboxylic acid groups (broad SMARTS) is 1. The molecule has 0 fully saturated rings. The number of rotatable bonds is 12. The molecule has 0 aromatic heterocycles. The number of carboxylic acids is 1. The van der Waals surface area contributed by atoms with Gasteiger partial charge >= 0.3 is 12.1 Å². The minimum atomic E-state index is -1.06. The van der Waals surface area contributed by atoms with Crippen LogP contribution in [0.1, 0.15) is 58.9 Å². The van der Waals surface area contributed by atoms with Crippen LogP contribution in [0.2, 0.25) is 0 Å². The van der Waals surface area contributed by atoms with E-state index in [1.54, 1.807) is 24.3 Å². The van der Waals surface area contributed by atoms with Crippen molar-refractivity contribution < 1.29 is 29.0 Å². The summed E-state index contributed by atoms with van der Waals surface area (Å²) in [6, 6.07) is 6.25. The van der Waals surface area contributed by atoms with Gasteiger partial charge in [0.2, 0.25) is 5.91 Å². The van der Waals surface area contributed by atoms with E-state index >= 15 is 0 Å². The minimum absolute atomic E-state index is 0.215. The number of nitrogens with one attached hydrogen (secondary N) is 2. The van der Waals surface area contributed by atoms with Gasteiger partial charge in [-0.3, -0.25) is 4.79 Å². The predicted molar refractivity (Wildman–Crippen MR) is 114 cm³/mol. The summed E-state index contributed by atoms with van der Waals surface area (Å²) < 4.78 is 10.9. The summed E-state index contributed by atoms with van der Waals surface area (Å²) in [6.07, 6.45) is 3.58. The number of carbonyl (C=O) groups is 3. The van der Waals surface area contributed by atoms with Crippen LogP contribution in [0.15, 0.2) is 24.3 Å². The maximum atomic E-state index is 11.5. The second-order valence-electron chi connectivity index (χ2n) is 8.13. The first-order valence-corrected chi connectivity index (χ1v) is 10.3. The molecule has 8 nitrogen and oxygen atoms in total. The third-order valence-corrected chi connectivity index (χ3v) is 4.05. The van der Waals surface area contributed by atoms with Crippen molar-refractivity contribution in [3.05, 3.63) is 29.8 Å². The normalized spacial score (nSPS) is 12.0. The molecule has 0 aliphatic carbocycles. The van der Waals surface area contributed by atoms with E-state index in [1.807, 2.05) is 20.8 Å². The third kappa shape index (κ3) is 11.9. The number of ether oxygens (including phenoxy) is 2. The fourth-order valence-electron chi connectivity index (χ4n) is 2.68. The topological polar surface area (TPSA) is 114 Å². The fraction of sp³-hybridized carbons (Fsp3) is 0.591. The van der Waals surface area contributed by atoms with E-state index in [9.17, 15) is 14.4 Å². The number of hydrogen-bond acceptors (Lipinski definition) is 5. The Bertz CT molecular complexity index is 682. The van der Waals surface area contributed by atoms with Crippen LogP contribution in [0.4, 0.5) is 4.79 Å². The number of hydrogen-bond donors (Lipinski definition) is 3. The van der Waals surface area contributed by atoms with Crippen molar-refractivity contribution in [2.45, 2.75) is 71.4 Å². The first-order valence-electron chi connectivity index (χ1n) is 10.3. The molecule has 1 rings (SSSR count). The van der Waals surface area contributed by atoms with Crippen LogP contribution in [-0.2, 0) is 20.7 Å². The lowest BCUT2D eigenvalue weighted by Crippen LogP contribution is -2.41. The van der Waals surface area contributed by atoms with Gasteiger partial charge in [-0.05, 0) is 51.3 Å². The zero-order valence-electron chi connectivity index (χ0n) is 18.3. The highest BCUT2D eigenvalue weighted by Gasteiger charge is 2.18.